The Balaban J connectivity index is 1.78. The minimum atomic E-state index is 0.467. The minimum absolute atomic E-state index is 0.467. The van der Waals surface area contributed by atoms with E-state index in [-0.39, 0.29) is 0 Å². The van der Waals surface area contributed by atoms with Crippen molar-refractivity contribution in [2.75, 3.05) is 12.4 Å². The molecule has 1 heterocycles. The molecule has 3 rings (SSSR count). The zero-order chi connectivity index (χ0) is 14.5. The van der Waals surface area contributed by atoms with Crippen LogP contribution in [0.3, 0.4) is 0 Å². The summed E-state index contributed by atoms with van der Waals surface area (Å²) in [5.41, 5.74) is 2.33. The van der Waals surface area contributed by atoms with Gasteiger partial charge in [0, 0.05) is 7.05 Å². The van der Waals surface area contributed by atoms with Crippen molar-refractivity contribution in [3.63, 3.8) is 0 Å². The number of hydrogen-bond acceptors (Lipinski definition) is 4. The molecule has 0 aliphatic carbocycles. The molecule has 2 aromatic carbocycles. The topological polar surface area (TPSA) is 47.0 Å². The van der Waals surface area contributed by atoms with Gasteiger partial charge in [0.25, 0.3) is 0 Å². The van der Waals surface area contributed by atoms with Crippen molar-refractivity contribution >= 4 is 5.82 Å². The van der Waals surface area contributed by atoms with Crippen molar-refractivity contribution in [1.82, 2.24) is 9.97 Å². The molecule has 1 N–H and O–H groups in total. The largest absolute Gasteiger partial charge is 0.437 e. The second-order valence-electron chi connectivity index (χ2n) is 4.49. The third kappa shape index (κ3) is 3.17. The smallest absolute Gasteiger partial charge is 0.239 e. The Morgan fingerprint density at radius 3 is 2.29 bits per heavy atom. The fourth-order valence-electron chi connectivity index (χ4n) is 1.98. The van der Waals surface area contributed by atoms with Crippen LogP contribution >= 0.6 is 0 Å². The highest BCUT2D eigenvalue weighted by atomic mass is 16.5. The summed E-state index contributed by atoms with van der Waals surface area (Å²) in [6.45, 7) is 0. The van der Waals surface area contributed by atoms with Crippen LogP contribution in [0, 0.1) is 0 Å². The van der Waals surface area contributed by atoms with E-state index in [4.69, 9.17) is 4.74 Å². The lowest BCUT2D eigenvalue weighted by atomic mass is 10.1. The van der Waals surface area contributed by atoms with Crippen molar-refractivity contribution in [1.29, 1.82) is 0 Å². The molecule has 104 valence electrons. The monoisotopic (exact) mass is 277 g/mol. The molecule has 3 aromatic rings. The molecule has 0 saturated heterocycles. The Bertz CT molecular complexity index is 712. The van der Waals surface area contributed by atoms with Crippen LogP contribution in [0.2, 0.25) is 0 Å². The molecule has 1 aromatic heterocycles. The summed E-state index contributed by atoms with van der Waals surface area (Å²) < 4.78 is 5.70. The van der Waals surface area contributed by atoms with Gasteiger partial charge < -0.3 is 10.1 Å². The van der Waals surface area contributed by atoms with Gasteiger partial charge in [-0.05, 0) is 23.3 Å². The van der Waals surface area contributed by atoms with E-state index < -0.39 is 0 Å². The molecule has 0 aliphatic heterocycles. The molecule has 21 heavy (non-hydrogen) atoms. The SMILES string of the molecule is CNc1cncc(Oc2ccc(-c3ccccc3)cc2)n1. The van der Waals surface area contributed by atoms with Gasteiger partial charge in [-0.2, -0.15) is 4.98 Å². The van der Waals surface area contributed by atoms with Gasteiger partial charge in [0.1, 0.15) is 11.6 Å². The van der Waals surface area contributed by atoms with Gasteiger partial charge in [-0.3, -0.25) is 4.98 Å². The maximum absolute atomic E-state index is 5.70. The standard InChI is InChI=1S/C17H15N3O/c1-18-16-11-19-12-17(20-16)21-15-9-7-14(8-10-15)13-5-3-2-4-6-13/h2-12H,1H3,(H,18,20). The van der Waals surface area contributed by atoms with Crippen molar-refractivity contribution < 1.29 is 4.74 Å². The van der Waals surface area contributed by atoms with E-state index in [9.17, 15) is 0 Å². The van der Waals surface area contributed by atoms with E-state index in [1.807, 2.05) is 42.5 Å². The van der Waals surface area contributed by atoms with E-state index in [0.29, 0.717) is 11.7 Å². The second-order valence-corrected chi connectivity index (χ2v) is 4.49. The van der Waals surface area contributed by atoms with Crippen molar-refractivity contribution in [2.24, 2.45) is 0 Å². The summed E-state index contributed by atoms with van der Waals surface area (Å²) in [6, 6.07) is 18.1. The van der Waals surface area contributed by atoms with Crippen LogP contribution in [0.5, 0.6) is 11.6 Å². The van der Waals surface area contributed by atoms with Crippen LogP contribution in [0.25, 0.3) is 11.1 Å². The van der Waals surface area contributed by atoms with Crippen molar-refractivity contribution in [2.45, 2.75) is 0 Å². The number of nitrogens with zero attached hydrogens (tertiary/aromatic N) is 2. The van der Waals surface area contributed by atoms with E-state index in [1.165, 1.54) is 5.56 Å². The first-order valence-electron chi connectivity index (χ1n) is 6.68. The summed E-state index contributed by atoms with van der Waals surface area (Å²) in [7, 11) is 1.79. The molecule has 0 radical (unpaired) electrons. The highest BCUT2D eigenvalue weighted by Gasteiger charge is 2.02. The molecule has 0 fully saturated rings. The predicted molar refractivity (Wildman–Crippen MR) is 83.5 cm³/mol. The molecular formula is C17H15N3O. The lowest BCUT2D eigenvalue weighted by molar-refractivity contribution is 0.461. The van der Waals surface area contributed by atoms with E-state index in [2.05, 4.69) is 27.4 Å². The molecule has 0 amide bonds. The minimum Gasteiger partial charge on any atom is -0.437 e. The summed E-state index contributed by atoms with van der Waals surface area (Å²) in [5, 5.41) is 2.93. The summed E-state index contributed by atoms with van der Waals surface area (Å²) in [4.78, 5) is 8.34. The summed E-state index contributed by atoms with van der Waals surface area (Å²) in [6.07, 6.45) is 3.23. The number of nitrogens with one attached hydrogen (secondary N) is 1. The van der Waals surface area contributed by atoms with E-state index in [1.54, 1.807) is 19.4 Å². The van der Waals surface area contributed by atoms with Crippen LogP contribution in [0.1, 0.15) is 0 Å². The first-order valence-corrected chi connectivity index (χ1v) is 6.68. The highest BCUT2D eigenvalue weighted by molar-refractivity contribution is 5.64. The zero-order valence-electron chi connectivity index (χ0n) is 11.7. The van der Waals surface area contributed by atoms with Crippen LogP contribution in [0.4, 0.5) is 5.82 Å². The molecule has 0 aliphatic rings. The molecule has 0 spiro atoms. The average Bonchev–Trinajstić information content (AvgIpc) is 2.56. The first-order chi connectivity index (χ1) is 10.3. The highest BCUT2D eigenvalue weighted by Crippen LogP contribution is 2.24. The van der Waals surface area contributed by atoms with Crippen LogP contribution in [-0.4, -0.2) is 17.0 Å². The Morgan fingerprint density at radius 2 is 1.57 bits per heavy atom. The van der Waals surface area contributed by atoms with Gasteiger partial charge in [0.15, 0.2) is 0 Å². The van der Waals surface area contributed by atoms with Gasteiger partial charge in [-0.25, -0.2) is 0 Å². The number of anilines is 1. The van der Waals surface area contributed by atoms with Crippen molar-refractivity contribution in [3.05, 3.63) is 67.0 Å². The Morgan fingerprint density at radius 1 is 0.857 bits per heavy atom. The second kappa shape index (κ2) is 6.05. The number of rotatable bonds is 4. The lowest BCUT2D eigenvalue weighted by Gasteiger charge is -2.07. The Kier molecular flexibility index (Phi) is 3.78. The van der Waals surface area contributed by atoms with Gasteiger partial charge >= 0.3 is 0 Å². The third-order valence-electron chi connectivity index (χ3n) is 3.05. The molecule has 4 nitrogen and oxygen atoms in total. The molecule has 4 heteroatoms. The van der Waals surface area contributed by atoms with Crippen LogP contribution in [-0.2, 0) is 0 Å². The number of aromatic nitrogens is 2. The molecular weight excluding hydrogens is 262 g/mol. The first kappa shape index (κ1) is 13.1. The Hall–Kier alpha value is -2.88. The summed E-state index contributed by atoms with van der Waals surface area (Å²) in [5.74, 6) is 1.87. The van der Waals surface area contributed by atoms with Gasteiger partial charge in [0.2, 0.25) is 5.88 Å². The van der Waals surface area contributed by atoms with Gasteiger partial charge in [-0.1, -0.05) is 42.5 Å². The summed E-state index contributed by atoms with van der Waals surface area (Å²) >= 11 is 0. The van der Waals surface area contributed by atoms with E-state index >= 15 is 0 Å². The molecule has 0 bridgehead atoms. The maximum atomic E-state index is 5.70. The van der Waals surface area contributed by atoms with Gasteiger partial charge in [0.05, 0.1) is 12.4 Å². The number of hydrogen-bond donors (Lipinski definition) is 1. The number of ether oxygens (including phenoxy) is 1. The maximum Gasteiger partial charge on any atom is 0.239 e. The fourth-order valence-corrected chi connectivity index (χ4v) is 1.98. The lowest BCUT2D eigenvalue weighted by Crippen LogP contribution is -1.95. The third-order valence-corrected chi connectivity index (χ3v) is 3.05. The van der Waals surface area contributed by atoms with Crippen LogP contribution in [0.15, 0.2) is 67.0 Å². The molecule has 0 saturated carbocycles. The quantitative estimate of drug-likeness (QED) is 0.783. The zero-order valence-corrected chi connectivity index (χ0v) is 11.7. The van der Waals surface area contributed by atoms with E-state index in [0.717, 1.165) is 11.3 Å². The van der Waals surface area contributed by atoms with Crippen molar-refractivity contribution in [3.8, 4) is 22.8 Å². The van der Waals surface area contributed by atoms with Gasteiger partial charge in [-0.15, -0.1) is 0 Å². The Labute approximate surface area is 123 Å². The molecule has 0 unspecified atom stereocenters. The average molecular weight is 277 g/mol. The van der Waals surface area contributed by atoms with Crippen LogP contribution < -0.4 is 10.1 Å². The predicted octanol–water partition coefficient (Wildman–Crippen LogP) is 3.98. The normalized spacial score (nSPS) is 10.1. The number of benzene rings is 2. The molecule has 0 atom stereocenters. The fraction of sp³-hybridized carbons (Fsp3) is 0.0588.